The topological polar surface area (TPSA) is 587 Å². The second kappa shape index (κ2) is 54.8. The first-order valence-electron chi connectivity index (χ1n) is 45.5. The van der Waals surface area contributed by atoms with Crippen molar-refractivity contribution in [3.05, 3.63) is 96.6 Å². The van der Waals surface area contributed by atoms with Crippen LogP contribution in [0, 0.1) is 18.7 Å². The van der Waals surface area contributed by atoms with E-state index in [-0.39, 0.29) is 132 Å². The molecule has 5 aliphatic rings. The fourth-order valence-electron chi connectivity index (χ4n) is 15.4. The number of carbonyl (C=O) groups excluding carboxylic acids is 13. The van der Waals surface area contributed by atoms with Crippen molar-refractivity contribution in [2.45, 2.75) is 185 Å². The zero-order valence-electron chi connectivity index (χ0n) is 77.5. The predicted molar refractivity (Wildman–Crippen MR) is 474 cm³/mol. The molecule has 1 aromatic carbocycles. The molecule has 48 heteroatoms. The van der Waals surface area contributed by atoms with Crippen LogP contribution in [0.1, 0.15) is 144 Å². The molecule has 0 bridgehead atoms. The number of cyclic esters (lactones) is 1. The largest absolute Gasteiger partial charge is 0.458 e. The maximum atomic E-state index is 15.8. The summed E-state index contributed by atoms with van der Waals surface area (Å²) in [6.07, 6.45) is -4.22. The van der Waals surface area contributed by atoms with Crippen LogP contribution in [-0.2, 0) is 144 Å². The van der Waals surface area contributed by atoms with E-state index in [4.69, 9.17) is 61.8 Å². The Labute approximate surface area is 786 Å². The van der Waals surface area contributed by atoms with Crippen molar-refractivity contribution < 1.29 is 148 Å². The molecule has 1 aliphatic carbocycles. The number of pyridine rings is 2. The molecule has 0 saturated carbocycles. The van der Waals surface area contributed by atoms with Crippen LogP contribution in [0.5, 0.6) is 0 Å². The molecule has 0 spiro atoms. The average Bonchev–Trinajstić information content (AvgIpc) is 1.57. The van der Waals surface area contributed by atoms with Crippen LogP contribution in [0.2, 0.25) is 0 Å². The zero-order valence-corrected chi connectivity index (χ0v) is 77.5. The van der Waals surface area contributed by atoms with Crippen LogP contribution in [0.4, 0.5) is 19.0 Å². The van der Waals surface area contributed by atoms with Crippen molar-refractivity contribution in [1.29, 1.82) is 0 Å². The number of aliphatic hydroxyl groups excluding tert-OH is 2. The molecule has 1 fully saturated rings. The number of fused-ring (bicyclic) bond motifs is 5. The highest BCUT2D eigenvalue weighted by Gasteiger charge is 2.60. The van der Waals surface area contributed by atoms with Crippen LogP contribution in [-0.4, -0.2) is 330 Å². The van der Waals surface area contributed by atoms with Crippen LogP contribution >= 0.6 is 0 Å². The number of aliphatic hydroxyl groups is 3. The van der Waals surface area contributed by atoms with E-state index in [0.717, 1.165) is 29.3 Å². The second-order valence-corrected chi connectivity index (χ2v) is 33.0. The van der Waals surface area contributed by atoms with Crippen molar-refractivity contribution in [3.63, 3.8) is 0 Å². The van der Waals surface area contributed by atoms with E-state index in [2.05, 4.69) is 58.2 Å². The Morgan fingerprint density at radius 2 is 1.18 bits per heavy atom. The number of imide groups is 1. The molecule has 137 heavy (non-hydrogen) atoms. The van der Waals surface area contributed by atoms with Crippen LogP contribution in [0.3, 0.4) is 0 Å². The standard InChI is InChI=1S/C89H124F3N15O30/c1-7-88(125)58-44-64-78-56(48-107(64)84(122)57(58)50-136-86(88)123)76-60(16-15-55-53(4)59(90)45-63(100-78)75(55)76)101-80(118)54(5)97-83(121)77(52(2)3)104-82(120)62(17-18-67(109)95-46-70(112)96-47-71(113)102-66-21-25-106(87(124)103-66)85-89(91,92)79(117)65(49-108)137-85)99-68(110)13-10-23-94-81(119)61(98-69(111)14-11-24-105-73(115)19-20-74(105)116)12-8-9-22-93-72(114)51-135-43-42-134-41-40-133-39-38-132-37-36-131-35-34-130-33-32-129-31-30-128-29-28-127-27-26-126-6/h19-21,25,44-45,52,54,60-62,65,77,79,85,108,117,125H,7-18,22-24,26-43,46-51H2,1-6H3,(H,93,114)(H,94,119)(H,95,109)(H,96,112)(H,97,121)(H,98,111)(H,99,110)(H,101,118)(H,104,120)(H,102,103,113,124)/t54-,60-,61+,62+,65-,77+,79-,85-,88?/m1/s1. The minimum absolute atomic E-state index is 0.0468. The van der Waals surface area contributed by atoms with E-state index in [1.165, 1.54) is 23.6 Å². The van der Waals surface area contributed by atoms with E-state index in [9.17, 15) is 96.0 Å². The first kappa shape index (κ1) is 109. The van der Waals surface area contributed by atoms with Gasteiger partial charge >= 0.3 is 17.6 Å². The summed E-state index contributed by atoms with van der Waals surface area (Å²) in [5.74, 6) is -15.7. The molecule has 12 amide bonds. The Morgan fingerprint density at radius 3 is 1.76 bits per heavy atom. The lowest BCUT2D eigenvalue weighted by Crippen LogP contribution is -2.58. The summed E-state index contributed by atoms with van der Waals surface area (Å²) in [5, 5.41) is 57.1. The van der Waals surface area contributed by atoms with Gasteiger partial charge in [-0.1, -0.05) is 20.8 Å². The number of carbonyl (C=O) groups is 13. The van der Waals surface area contributed by atoms with Gasteiger partial charge in [0.1, 0.15) is 55.1 Å². The highest BCUT2D eigenvalue weighted by molar-refractivity contribution is 6.13. The molecule has 4 aliphatic heterocycles. The number of esters is 1. The first-order chi connectivity index (χ1) is 65.7. The van der Waals surface area contributed by atoms with Gasteiger partial charge in [0.2, 0.25) is 65.3 Å². The van der Waals surface area contributed by atoms with Gasteiger partial charge in [0.25, 0.3) is 17.4 Å². The molecule has 9 rings (SSSR count). The number of benzene rings is 1. The normalized spacial score (nSPS) is 18.1. The Kier molecular flexibility index (Phi) is 43.7. The van der Waals surface area contributed by atoms with Gasteiger partial charge in [-0.05, 0) is 106 Å². The number of aromatic nitrogens is 4. The number of ether oxygens (including phenoxy) is 12. The summed E-state index contributed by atoms with van der Waals surface area (Å²) in [6.45, 7) is 11.2. The Bertz CT molecular complexity index is 5010. The van der Waals surface area contributed by atoms with Crippen molar-refractivity contribution in [1.82, 2.24) is 71.9 Å². The average molecular weight is 1940 g/mol. The van der Waals surface area contributed by atoms with Crippen molar-refractivity contribution >= 4 is 93.6 Å². The second-order valence-electron chi connectivity index (χ2n) is 33.0. The lowest BCUT2D eigenvalue weighted by Gasteiger charge is -2.31. The van der Waals surface area contributed by atoms with Crippen molar-refractivity contribution in [2.75, 3.05) is 177 Å². The third-order valence-corrected chi connectivity index (χ3v) is 22.9. The van der Waals surface area contributed by atoms with E-state index >= 15 is 4.39 Å². The van der Waals surface area contributed by atoms with E-state index in [1.54, 1.807) is 34.8 Å². The minimum Gasteiger partial charge on any atom is -0.458 e. The number of nitrogens with one attached hydrogen (secondary N) is 10. The Morgan fingerprint density at radius 1 is 0.613 bits per heavy atom. The molecule has 756 valence electrons. The molecule has 45 nitrogen and oxygen atoms in total. The van der Waals surface area contributed by atoms with Gasteiger partial charge in [-0.3, -0.25) is 71.8 Å². The van der Waals surface area contributed by atoms with E-state index in [1.807, 2.05) is 0 Å². The van der Waals surface area contributed by atoms with E-state index in [0.29, 0.717) is 144 Å². The number of alkyl halides is 2. The number of methoxy groups -OCH3 is 1. The van der Waals surface area contributed by atoms with Gasteiger partial charge in [0.05, 0.1) is 174 Å². The Hall–Kier alpha value is -11.3. The van der Waals surface area contributed by atoms with Crippen LogP contribution in [0.25, 0.3) is 22.3 Å². The summed E-state index contributed by atoms with van der Waals surface area (Å²) in [4.78, 5) is 211. The number of rotatable bonds is 63. The predicted octanol–water partition coefficient (Wildman–Crippen LogP) is -1.98. The molecule has 7 heterocycles. The lowest BCUT2D eigenvalue weighted by molar-refractivity contribution is -0.172. The molecule has 1 saturated heterocycles. The molecule has 1 unspecified atom stereocenters. The van der Waals surface area contributed by atoms with Gasteiger partial charge in [0, 0.05) is 86.9 Å². The SMILES string of the molecule is CCC1(O)C(=O)OCc2c1cc1n(c2=O)Cc2c-1nc1cc(F)c(C)c3c1c2[C@H](NC(=O)[C@@H](C)NC(=O)[C@@H](NC(=O)[C@H](CCC(=O)NCC(=O)NCC(=O)Nc1ccn([C@@H]2O[C@H](CO)[C@@H](O)C2(F)F)c(=O)n1)NC(=O)CCCNC(=O)[C@H](CCCCNC(=O)COCCOCCOCCOCCOCCOCCOCCOCCOCCOC)NC(=O)CCCN1C(=O)C=CC1=O)C(C)C)CC3. The smallest absolute Gasteiger partial charge is 0.351 e. The van der Waals surface area contributed by atoms with Crippen LogP contribution in [0.15, 0.2) is 46.1 Å². The summed E-state index contributed by atoms with van der Waals surface area (Å²) in [7, 11) is 1.61. The fraction of sp³-hybridized carbons (Fsp3) is 0.629. The number of nitrogens with zero attached hydrogens (tertiary/aromatic N) is 5. The summed E-state index contributed by atoms with van der Waals surface area (Å²) in [6, 6.07) is -2.71. The molecular weight excluding hydrogens is 1820 g/mol. The van der Waals surface area contributed by atoms with Gasteiger partial charge in [-0.25, -0.2) is 19.0 Å². The highest BCUT2D eigenvalue weighted by atomic mass is 19.3. The van der Waals surface area contributed by atoms with Crippen molar-refractivity contribution in [3.8, 4) is 11.4 Å². The Balaban J connectivity index is 0.746. The third kappa shape index (κ3) is 31.6. The number of anilines is 1. The van der Waals surface area contributed by atoms with Crippen LogP contribution < -0.4 is 64.4 Å². The number of hydrogen-bond acceptors (Lipinski definition) is 32. The zero-order chi connectivity index (χ0) is 99.3. The lowest BCUT2D eigenvalue weighted by atomic mass is 9.81. The number of unbranched alkanes of at least 4 members (excludes halogenated alkanes) is 1. The summed E-state index contributed by atoms with van der Waals surface area (Å²) >= 11 is 0. The number of halogens is 3. The maximum absolute atomic E-state index is 15.8. The molecule has 0 radical (unpaired) electrons. The van der Waals surface area contributed by atoms with Gasteiger partial charge < -0.3 is 130 Å². The number of amides is 12. The van der Waals surface area contributed by atoms with Gasteiger partial charge in [-0.15, -0.1) is 0 Å². The van der Waals surface area contributed by atoms with Crippen molar-refractivity contribution in [2.24, 2.45) is 5.92 Å². The number of hydrogen-bond donors (Lipinski definition) is 13. The van der Waals surface area contributed by atoms with E-state index < -0.39 is 205 Å². The number of aryl methyl sites for hydroxylation is 1. The van der Waals surface area contributed by atoms with Gasteiger partial charge in [-0.2, -0.15) is 13.8 Å². The first-order valence-corrected chi connectivity index (χ1v) is 45.5. The minimum atomic E-state index is -4.03. The third-order valence-electron chi connectivity index (χ3n) is 22.9. The summed E-state index contributed by atoms with van der Waals surface area (Å²) < 4.78 is 111. The molecular formula is C89H124F3N15O30. The monoisotopic (exact) mass is 1940 g/mol. The fourth-order valence-corrected chi connectivity index (χ4v) is 15.4. The molecule has 3 aromatic heterocycles. The highest BCUT2D eigenvalue weighted by Crippen LogP contribution is 2.47. The molecule has 13 N–H and O–H groups in total. The maximum Gasteiger partial charge on any atom is 0.351 e. The summed E-state index contributed by atoms with van der Waals surface area (Å²) in [5.41, 5.74) is -1.29. The molecule has 9 atom stereocenters. The molecule has 4 aromatic rings. The van der Waals surface area contributed by atoms with Gasteiger partial charge in [0.15, 0.2) is 11.7 Å². The quantitative estimate of drug-likeness (QED) is 0.0114.